The summed E-state index contributed by atoms with van der Waals surface area (Å²) < 4.78 is 12.8. The standard InChI is InChI=1S/C29H33N3O4/c1-29(28(34)30-22-11-7-8-12-22)19-31-23(21-9-5-4-6-10-21)14-15-24(31)27(33)32(29)18-20-13-16-25(35-2)26(17-20)36-3/h4-6,9-10,13-17,22H,7-8,11-12,18-19H2,1-3H3,(H,30,34)/t29-/m1/s1. The molecular formula is C29H33N3O4. The van der Waals surface area contributed by atoms with Gasteiger partial charge in [-0.2, -0.15) is 0 Å². The zero-order valence-corrected chi connectivity index (χ0v) is 21.1. The molecule has 0 bridgehead atoms. The Morgan fingerprint density at radius 1 is 0.972 bits per heavy atom. The van der Waals surface area contributed by atoms with Gasteiger partial charge in [-0.15, -0.1) is 0 Å². The Labute approximate surface area is 212 Å². The fourth-order valence-corrected chi connectivity index (χ4v) is 5.45. The van der Waals surface area contributed by atoms with E-state index in [0.717, 1.165) is 42.5 Å². The molecule has 0 unspecified atom stereocenters. The molecule has 1 saturated carbocycles. The molecule has 36 heavy (non-hydrogen) atoms. The van der Waals surface area contributed by atoms with Gasteiger partial charge in [0.2, 0.25) is 5.91 Å². The highest BCUT2D eigenvalue weighted by atomic mass is 16.5. The summed E-state index contributed by atoms with van der Waals surface area (Å²) in [6.07, 6.45) is 4.21. The molecule has 1 fully saturated rings. The smallest absolute Gasteiger partial charge is 0.271 e. The van der Waals surface area contributed by atoms with Crippen molar-refractivity contribution in [3.8, 4) is 22.8 Å². The van der Waals surface area contributed by atoms with Gasteiger partial charge in [0.1, 0.15) is 11.2 Å². The molecule has 0 radical (unpaired) electrons. The fourth-order valence-electron chi connectivity index (χ4n) is 5.45. The molecule has 0 spiro atoms. The van der Waals surface area contributed by atoms with Crippen LogP contribution in [0.3, 0.4) is 0 Å². The maximum absolute atomic E-state index is 14.0. The summed E-state index contributed by atoms with van der Waals surface area (Å²) in [7, 11) is 3.18. The highest BCUT2D eigenvalue weighted by molar-refractivity contribution is 6.00. The number of hydrogen-bond acceptors (Lipinski definition) is 4. The van der Waals surface area contributed by atoms with E-state index in [9.17, 15) is 9.59 Å². The third kappa shape index (κ3) is 4.23. The molecule has 1 aliphatic heterocycles. The molecule has 1 aliphatic carbocycles. The number of carbonyl (C=O) groups excluding carboxylic acids is 2. The van der Waals surface area contributed by atoms with E-state index in [-0.39, 0.29) is 24.4 Å². The number of amides is 2. The first-order valence-corrected chi connectivity index (χ1v) is 12.5. The summed E-state index contributed by atoms with van der Waals surface area (Å²) in [5, 5.41) is 3.26. The van der Waals surface area contributed by atoms with Crippen LogP contribution in [0.1, 0.15) is 48.7 Å². The van der Waals surface area contributed by atoms with Gasteiger partial charge in [-0.05, 0) is 55.2 Å². The van der Waals surface area contributed by atoms with Crippen molar-refractivity contribution in [1.29, 1.82) is 0 Å². The number of methoxy groups -OCH3 is 2. The van der Waals surface area contributed by atoms with Gasteiger partial charge in [-0.1, -0.05) is 49.2 Å². The summed E-state index contributed by atoms with van der Waals surface area (Å²) in [6.45, 7) is 2.53. The van der Waals surface area contributed by atoms with E-state index in [2.05, 4.69) is 5.32 Å². The Bertz CT molecular complexity index is 1260. The second-order valence-electron chi connectivity index (χ2n) is 9.87. The minimum Gasteiger partial charge on any atom is -0.493 e. The van der Waals surface area contributed by atoms with Crippen LogP contribution in [0, 0.1) is 0 Å². The molecule has 0 saturated heterocycles. The van der Waals surface area contributed by atoms with E-state index in [1.165, 1.54) is 0 Å². The quantitative estimate of drug-likeness (QED) is 0.527. The average Bonchev–Trinajstić information content (AvgIpc) is 3.57. The zero-order chi connectivity index (χ0) is 25.3. The Hall–Kier alpha value is -3.74. The summed E-state index contributed by atoms with van der Waals surface area (Å²) in [4.78, 5) is 29.5. The second-order valence-corrected chi connectivity index (χ2v) is 9.87. The highest BCUT2D eigenvalue weighted by Gasteiger charge is 2.48. The molecule has 5 rings (SSSR count). The largest absolute Gasteiger partial charge is 0.493 e. The Morgan fingerprint density at radius 3 is 2.36 bits per heavy atom. The van der Waals surface area contributed by atoms with Gasteiger partial charge in [-0.3, -0.25) is 9.59 Å². The van der Waals surface area contributed by atoms with E-state index in [1.807, 2.05) is 72.2 Å². The molecule has 7 nitrogen and oxygen atoms in total. The number of nitrogens with one attached hydrogen (secondary N) is 1. The SMILES string of the molecule is COc1ccc(CN2C(=O)c3ccc(-c4ccccc4)n3C[C@]2(C)C(=O)NC2CCCC2)cc1OC. The number of nitrogens with zero attached hydrogens (tertiary/aromatic N) is 2. The van der Waals surface area contributed by atoms with E-state index in [4.69, 9.17) is 9.47 Å². The molecule has 2 aliphatic rings. The van der Waals surface area contributed by atoms with Crippen molar-refractivity contribution in [2.24, 2.45) is 0 Å². The van der Waals surface area contributed by atoms with E-state index in [0.29, 0.717) is 23.7 Å². The number of ether oxygens (including phenoxy) is 2. The molecule has 2 heterocycles. The Morgan fingerprint density at radius 2 is 1.67 bits per heavy atom. The number of fused-ring (bicyclic) bond motifs is 1. The number of carbonyl (C=O) groups is 2. The van der Waals surface area contributed by atoms with E-state index >= 15 is 0 Å². The highest BCUT2D eigenvalue weighted by Crippen LogP contribution is 2.36. The Kier molecular flexibility index (Phi) is 6.48. The van der Waals surface area contributed by atoms with Crippen molar-refractivity contribution in [2.45, 2.75) is 57.3 Å². The molecule has 188 valence electrons. The third-order valence-corrected chi connectivity index (χ3v) is 7.54. The van der Waals surface area contributed by atoms with Gasteiger partial charge < -0.3 is 24.3 Å². The van der Waals surface area contributed by atoms with Gasteiger partial charge in [-0.25, -0.2) is 0 Å². The molecule has 1 aromatic heterocycles. The van der Waals surface area contributed by atoms with Crippen LogP contribution in [-0.2, 0) is 17.9 Å². The molecule has 2 amide bonds. The van der Waals surface area contributed by atoms with Crippen molar-refractivity contribution in [1.82, 2.24) is 14.8 Å². The lowest BCUT2D eigenvalue weighted by Gasteiger charge is -2.45. The van der Waals surface area contributed by atoms with E-state index < -0.39 is 5.54 Å². The summed E-state index contributed by atoms with van der Waals surface area (Å²) in [5.41, 5.74) is 2.33. The van der Waals surface area contributed by atoms with Crippen LogP contribution in [0.4, 0.5) is 0 Å². The monoisotopic (exact) mass is 487 g/mol. The molecular weight excluding hydrogens is 454 g/mol. The maximum Gasteiger partial charge on any atom is 0.271 e. The van der Waals surface area contributed by atoms with Crippen LogP contribution in [0.2, 0.25) is 0 Å². The third-order valence-electron chi connectivity index (χ3n) is 7.54. The van der Waals surface area contributed by atoms with Crippen molar-refractivity contribution in [3.05, 3.63) is 71.9 Å². The lowest BCUT2D eigenvalue weighted by molar-refractivity contribution is -0.133. The van der Waals surface area contributed by atoms with Crippen molar-refractivity contribution >= 4 is 11.8 Å². The van der Waals surface area contributed by atoms with Gasteiger partial charge in [0, 0.05) is 18.3 Å². The zero-order valence-electron chi connectivity index (χ0n) is 21.1. The van der Waals surface area contributed by atoms with Gasteiger partial charge in [0.05, 0.1) is 20.8 Å². The van der Waals surface area contributed by atoms with Crippen LogP contribution >= 0.6 is 0 Å². The predicted octanol–water partition coefficient (Wildman–Crippen LogP) is 4.65. The van der Waals surface area contributed by atoms with Crippen LogP contribution < -0.4 is 14.8 Å². The van der Waals surface area contributed by atoms with E-state index in [1.54, 1.807) is 19.1 Å². The first kappa shape index (κ1) is 24.0. The lowest BCUT2D eigenvalue weighted by Crippen LogP contribution is -2.64. The minimum absolute atomic E-state index is 0.110. The van der Waals surface area contributed by atoms with Gasteiger partial charge in [0.25, 0.3) is 5.91 Å². The molecule has 1 atom stereocenters. The number of aromatic nitrogens is 1. The number of benzene rings is 2. The Balaban J connectivity index is 1.54. The number of rotatable bonds is 7. The number of hydrogen-bond donors (Lipinski definition) is 1. The second kappa shape index (κ2) is 9.72. The average molecular weight is 488 g/mol. The van der Waals surface area contributed by atoms with Crippen molar-refractivity contribution < 1.29 is 19.1 Å². The van der Waals surface area contributed by atoms with Crippen LogP contribution in [0.25, 0.3) is 11.3 Å². The molecule has 7 heteroatoms. The normalized spacial score (nSPS) is 19.8. The maximum atomic E-state index is 14.0. The van der Waals surface area contributed by atoms with Crippen LogP contribution in [0.15, 0.2) is 60.7 Å². The predicted molar refractivity (Wildman–Crippen MR) is 138 cm³/mol. The van der Waals surface area contributed by atoms with Crippen molar-refractivity contribution in [2.75, 3.05) is 14.2 Å². The van der Waals surface area contributed by atoms with Gasteiger partial charge >= 0.3 is 0 Å². The van der Waals surface area contributed by atoms with Crippen LogP contribution in [-0.4, -0.2) is 47.1 Å². The molecule has 1 N–H and O–H groups in total. The molecule has 3 aromatic rings. The topological polar surface area (TPSA) is 72.8 Å². The lowest BCUT2D eigenvalue weighted by atomic mass is 9.93. The summed E-state index contributed by atoms with van der Waals surface area (Å²) >= 11 is 0. The minimum atomic E-state index is -1.07. The first-order valence-electron chi connectivity index (χ1n) is 12.5. The molecule has 2 aromatic carbocycles. The van der Waals surface area contributed by atoms with Crippen LogP contribution in [0.5, 0.6) is 11.5 Å². The fraction of sp³-hybridized carbons (Fsp3) is 0.379. The summed E-state index contributed by atoms with van der Waals surface area (Å²) in [6, 6.07) is 19.6. The van der Waals surface area contributed by atoms with Crippen molar-refractivity contribution in [3.63, 3.8) is 0 Å². The van der Waals surface area contributed by atoms with Gasteiger partial charge in [0.15, 0.2) is 11.5 Å². The first-order chi connectivity index (χ1) is 17.4. The summed E-state index contributed by atoms with van der Waals surface area (Å²) in [5.74, 6) is 0.935.